The minimum absolute atomic E-state index is 0.0227. The third-order valence-electron chi connectivity index (χ3n) is 3.37. The number of hydrogen-bond acceptors (Lipinski definition) is 3. The van der Waals surface area contributed by atoms with Crippen molar-refractivity contribution in [2.45, 2.75) is 6.04 Å². The van der Waals surface area contributed by atoms with Crippen LogP contribution in [0.4, 0.5) is 5.82 Å². The van der Waals surface area contributed by atoms with Gasteiger partial charge in [-0.3, -0.25) is 0 Å². The molecular weight excluding hydrogens is 248 g/mol. The summed E-state index contributed by atoms with van der Waals surface area (Å²) in [6.45, 7) is 0.0227. The predicted molar refractivity (Wildman–Crippen MR) is 81.6 cm³/mol. The number of pyridine rings is 1. The number of nitrogens with one attached hydrogen (secondary N) is 1. The van der Waals surface area contributed by atoms with Gasteiger partial charge in [0, 0.05) is 11.6 Å². The highest BCUT2D eigenvalue weighted by molar-refractivity contribution is 5.91. The fraction of sp³-hybridized carbons (Fsp3) is 0.118. The van der Waals surface area contributed by atoms with Gasteiger partial charge in [0.25, 0.3) is 0 Å². The Morgan fingerprint density at radius 1 is 0.950 bits per heavy atom. The monoisotopic (exact) mass is 264 g/mol. The zero-order chi connectivity index (χ0) is 13.8. The lowest BCUT2D eigenvalue weighted by Crippen LogP contribution is -2.15. The molecule has 3 heteroatoms. The lowest BCUT2D eigenvalue weighted by Gasteiger charge is -2.18. The number of anilines is 1. The number of nitrogens with zero attached hydrogens (tertiary/aromatic N) is 1. The normalized spacial score (nSPS) is 12.2. The maximum atomic E-state index is 9.62. The molecular formula is C17H16N2O. The van der Waals surface area contributed by atoms with E-state index in [0.29, 0.717) is 0 Å². The molecule has 100 valence electrons. The average molecular weight is 264 g/mol. The summed E-state index contributed by atoms with van der Waals surface area (Å²) in [4.78, 5) is 4.40. The van der Waals surface area contributed by atoms with E-state index in [1.54, 1.807) is 6.20 Å². The maximum Gasteiger partial charge on any atom is 0.134 e. The third-order valence-corrected chi connectivity index (χ3v) is 3.37. The average Bonchev–Trinajstić information content (AvgIpc) is 2.53. The lowest BCUT2D eigenvalue weighted by molar-refractivity contribution is 0.276. The van der Waals surface area contributed by atoms with Gasteiger partial charge in [0.1, 0.15) is 5.82 Å². The number of benzene rings is 2. The first-order valence-corrected chi connectivity index (χ1v) is 6.64. The highest BCUT2D eigenvalue weighted by Gasteiger charge is 2.11. The molecule has 3 aromatic rings. The smallest absolute Gasteiger partial charge is 0.134 e. The van der Waals surface area contributed by atoms with Crippen LogP contribution in [-0.2, 0) is 0 Å². The standard InChI is InChI=1S/C17H16N2O/c20-12-16(14-7-2-1-3-8-14)19-17-15-9-5-4-6-13(15)10-11-18-17/h1-11,16,20H,12H2,(H,18,19). The van der Waals surface area contributed by atoms with E-state index in [9.17, 15) is 5.11 Å². The number of aliphatic hydroxyl groups excluding tert-OH is 1. The molecule has 1 heterocycles. The van der Waals surface area contributed by atoms with E-state index >= 15 is 0 Å². The van der Waals surface area contributed by atoms with Crippen molar-refractivity contribution in [3.05, 3.63) is 72.4 Å². The second kappa shape index (κ2) is 5.72. The van der Waals surface area contributed by atoms with Crippen molar-refractivity contribution in [3.63, 3.8) is 0 Å². The summed E-state index contributed by atoms with van der Waals surface area (Å²) in [6, 6.07) is 19.8. The first-order valence-electron chi connectivity index (χ1n) is 6.64. The number of aromatic nitrogens is 1. The van der Waals surface area contributed by atoms with Crippen LogP contribution < -0.4 is 5.32 Å². The zero-order valence-electron chi connectivity index (χ0n) is 11.0. The second-order valence-corrected chi connectivity index (χ2v) is 4.67. The largest absolute Gasteiger partial charge is 0.394 e. The Balaban J connectivity index is 1.96. The van der Waals surface area contributed by atoms with Crippen molar-refractivity contribution in [2.75, 3.05) is 11.9 Å². The fourth-order valence-electron chi connectivity index (χ4n) is 2.32. The summed E-state index contributed by atoms with van der Waals surface area (Å²) in [5.74, 6) is 0.797. The molecule has 3 nitrogen and oxygen atoms in total. The van der Waals surface area contributed by atoms with Gasteiger partial charge in [-0.2, -0.15) is 0 Å². The molecule has 20 heavy (non-hydrogen) atoms. The summed E-state index contributed by atoms with van der Waals surface area (Å²) in [5.41, 5.74) is 1.05. The molecule has 0 radical (unpaired) electrons. The SMILES string of the molecule is OCC(Nc1nccc2ccccc12)c1ccccc1. The van der Waals surface area contributed by atoms with Crippen LogP contribution in [0.1, 0.15) is 11.6 Å². The Morgan fingerprint density at radius 2 is 1.70 bits per heavy atom. The molecule has 0 aliphatic heterocycles. The second-order valence-electron chi connectivity index (χ2n) is 4.67. The lowest BCUT2D eigenvalue weighted by atomic mass is 10.1. The molecule has 1 aromatic heterocycles. The van der Waals surface area contributed by atoms with Crippen molar-refractivity contribution in [3.8, 4) is 0 Å². The molecule has 2 aromatic carbocycles. The Hall–Kier alpha value is -2.39. The molecule has 0 saturated heterocycles. The van der Waals surface area contributed by atoms with Gasteiger partial charge in [0.2, 0.25) is 0 Å². The molecule has 0 fully saturated rings. The van der Waals surface area contributed by atoms with Crippen molar-refractivity contribution in [2.24, 2.45) is 0 Å². The highest BCUT2D eigenvalue weighted by Crippen LogP contribution is 2.24. The van der Waals surface area contributed by atoms with Crippen molar-refractivity contribution >= 4 is 16.6 Å². The Morgan fingerprint density at radius 3 is 2.50 bits per heavy atom. The van der Waals surface area contributed by atoms with Gasteiger partial charge < -0.3 is 10.4 Å². The van der Waals surface area contributed by atoms with Crippen LogP contribution in [0, 0.1) is 0 Å². The number of rotatable bonds is 4. The number of fused-ring (bicyclic) bond motifs is 1. The first-order chi connectivity index (χ1) is 9.88. The summed E-state index contributed by atoms with van der Waals surface area (Å²) in [6.07, 6.45) is 1.78. The van der Waals surface area contributed by atoms with Crippen molar-refractivity contribution in [1.29, 1.82) is 0 Å². The van der Waals surface area contributed by atoms with Crippen LogP contribution in [0.3, 0.4) is 0 Å². The van der Waals surface area contributed by atoms with Crippen LogP contribution in [-0.4, -0.2) is 16.7 Å². The van der Waals surface area contributed by atoms with E-state index in [1.165, 1.54) is 0 Å². The van der Waals surface area contributed by atoms with Crippen LogP contribution in [0.2, 0.25) is 0 Å². The molecule has 1 unspecified atom stereocenters. The van der Waals surface area contributed by atoms with Crippen molar-refractivity contribution < 1.29 is 5.11 Å². The van der Waals surface area contributed by atoms with E-state index in [1.807, 2.05) is 54.6 Å². The topological polar surface area (TPSA) is 45.1 Å². The molecule has 0 aliphatic carbocycles. The van der Waals surface area contributed by atoms with Gasteiger partial charge in [-0.1, -0.05) is 54.6 Å². The number of aliphatic hydroxyl groups is 1. The zero-order valence-corrected chi connectivity index (χ0v) is 11.0. The van der Waals surface area contributed by atoms with Crippen LogP contribution in [0.25, 0.3) is 10.8 Å². The predicted octanol–water partition coefficient (Wildman–Crippen LogP) is 3.38. The van der Waals surface area contributed by atoms with E-state index < -0.39 is 0 Å². The third kappa shape index (κ3) is 2.49. The summed E-state index contributed by atoms with van der Waals surface area (Å²) >= 11 is 0. The van der Waals surface area contributed by atoms with E-state index in [2.05, 4.69) is 16.4 Å². The maximum absolute atomic E-state index is 9.62. The van der Waals surface area contributed by atoms with Crippen LogP contribution >= 0.6 is 0 Å². The van der Waals surface area contributed by atoms with Gasteiger partial charge >= 0.3 is 0 Å². The summed E-state index contributed by atoms with van der Waals surface area (Å²) in [5, 5.41) is 15.1. The van der Waals surface area contributed by atoms with E-state index in [4.69, 9.17) is 0 Å². The van der Waals surface area contributed by atoms with E-state index in [-0.39, 0.29) is 12.6 Å². The van der Waals surface area contributed by atoms with E-state index in [0.717, 1.165) is 22.2 Å². The van der Waals surface area contributed by atoms with Gasteiger partial charge in [0.15, 0.2) is 0 Å². The minimum Gasteiger partial charge on any atom is -0.394 e. The Labute approximate surface area is 117 Å². The molecule has 0 aliphatic rings. The van der Waals surface area contributed by atoms with Gasteiger partial charge in [0.05, 0.1) is 12.6 Å². The number of hydrogen-bond donors (Lipinski definition) is 2. The van der Waals surface area contributed by atoms with Crippen LogP contribution in [0.5, 0.6) is 0 Å². The summed E-state index contributed by atoms with van der Waals surface area (Å²) < 4.78 is 0. The molecule has 0 bridgehead atoms. The van der Waals surface area contributed by atoms with Gasteiger partial charge in [-0.05, 0) is 17.0 Å². The molecule has 2 N–H and O–H groups in total. The Kier molecular flexibility index (Phi) is 3.61. The minimum atomic E-state index is -0.158. The van der Waals surface area contributed by atoms with Crippen LogP contribution in [0.15, 0.2) is 66.9 Å². The fourth-order valence-corrected chi connectivity index (χ4v) is 2.32. The quantitative estimate of drug-likeness (QED) is 0.759. The Bertz CT molecular complexity index is 692. The summed E-state index contributed by atoms with van der Waals surface area (Å²) in [7, 11) is 0. The molecule has 0 saturated carbocycles. The molecule has 3 rings (SSSR count). The molecule has 0 amide bonds. The highest BCUT2D eigenvalue weighted by atomic mass is 16.3. The molecule has 0 spiro atoms. The molecule has 1 atom stereocenters. The first kappa shape index (κ1) is 12.6. The van der Waals surface area contributed by atoms with Crippen molar-refractivity contribution in [1.82, 2.24) is 4.98 Å². The van der Waals surface area contributed by atoms with Gasteiger partial charge in [-0.25, -0.2) is 4.98 Å². The van der Waals surface area contributed by atoms with Gasteiger partial charge in [-0.15, -0.1) is 0 Å².